The first-order chi connectivity index (χ1) is 18.3. The molecule has 1 N–H and O–H groups in total. The minimum absolute atomic E-state index is 0.107. The van der Waals surface area contributed by atoms with E-state index in [1.54, 1.807) is 44.4 Å². The van der Waals surface area contributed by atoms with Gasteiger partial charge < -0.3 is 24.4 Å². The van der Waals surface area contributed by atoms with Crippen LogP contribution >= 0.6 is 0 Å². The van der Waals surface area contributed by atoms with Crippen LogP contribution in [0.3, 0.4) is 0 Å². The number of carbonyl (C=O) groups is 2. The van der Waals surface area contributed by atoms with Gasteiger partial charge in [-0.3, -0.25) is 9.59 Å². The maximum atomic E-state index is 13.1. The van der Waals surface area contributed by atoms with Gasteiger partial charge in [-0.25, -0.2) is 9.97 Å². The molecule has 1 heterocycles. The number of aromatic nitrogens is 2. The maximum absolute atomic E-state index is 13.1. The SMILES string of the molecule is COc1ccc(CCN(C)C(=O)c2cccc(-c3ncc(C(=O)NCCCOC(C)C)cn3)c2)cc1OC. The zero-order valence-corrected chi connectivity index (χ0v) is 22.7. The molecule has 2 amide bonds. The minimum atomic E-state index is -0.235. The van der Waals surface area contributed by atoms with E-state index in [-0.39, 0.29) is 17.9 Å². The van der Waals surface area contributed by atoms with Gasteiger partial charge in [0.15, 0.2) is 17.3 Å². The van der Waals surface area contributed by atoms with Gasteiger partial charge in [-0.2, -0.15) is 0 Å². The normalized spacial score (nSPS) is 10.8. The third-order valence-electron chi connectivity index (χ3n) is 5.87. The second-order valence-electron chi connectivity index (χ2n) is 9.07. The predicted molar refractivity (Wildman–Crippen MR) is 146 cm³/mol. The lowest BCUT2D eigenvalue weighted by molar-refractivity contribution is 0.0756. The van der Waals surface area contributed by atoms with Gasteiger partial charge in [-0.05, 0) is 56.5 Å². The number of hydrogen-bond acceptors (Lipinski definition) is 7. The molecule has 3 aromatic rings. The Morgan fingerprint density at radius 2 is 1.71 bits per heavy atom. The van der Waals surface area contributed by atoms with Crippen molar-refractivity contribution in [1.82, 2.24) is 20.2 Å². The number of carbonyl (C=O) groups excluding carboxylic acids is 2. The second-order valence-corrected chi connectivity index (χ2v) is 9.07. The van der Waals surface area contributed by atoms with Crippen molar-refractivity contribution in [2.75, 3.05) is 41.0 Å². The lowest BCUT2D eigenvalue weighted by atomic mass is 10.1. The Balaban J connectivity index is 1.58. The van der Waals surface area contributed by atoms with Gasteiger partial charge in [0.2, 0.25) is 0 Å². The van der Waals surface area contributed by atoms with E-state index in [4.69, 9.17) is 14.2 Å². The number of rotatable bonds is 13. The summed E-state index contributed by atoms with van der Waals surface area (Å²) in [6, 6.07) is 12.9. The number of methoxy groups -OCH3 is 2. The van der Waals surface area contributed by atoms with Crippen LogP contribution in [0.1, 0.15) is 46.5 Å². The summed E-state index contributed by atoms with van der Waals surface area (Å²) >= 11 is 0. The zero-order chi connectivity index (χ0) is 27.5. The number of amides is 2. The predicted octanol–water partition coefficient (Wildman–Crippen LogP) is 4.02. The summed E-state index contributed by atoms with van der Waals surface area (Å²) < 4.78 is 16.1. The standard InChI is InChI=1S/C29H36N4O5/c1-20(2)38-15-7-13-30-28(34)24-18-31-27(32-19-24)22-8-6-9-23(17-22)29(35)33(3)14-12-21-10-11-25(36-4)26(16-21)37-5/h6,8-11,16-20H,7,12-15H2,1-5H3,(H,30,34). The Labute approximate surface area is 224 Å². The Bertz CT molecular complexity index is 1210. The molecule has 0 saturated heterocycles. The summed E-state index contributed by atoms with van der Waals surface area (Å²) in [6.07, 6.45) is 4.55. The van der Waals surface area contributed by atoms with Crippen molar-refractivity contribution in [1.29, 1.82) is 0 Å². The highest BCUT2D eigenvalue weighted by Gasteiger charge is 2.15. The summed E-state index contributed by atoms with van der Waals surface area (Å²) in [5.74, 6) is 1.42. The van der Waals surface area contributed by atoms with Crippen molar-refractivity contribution >= 4 is 11.8 Å². The molecule has 0 aliphatic rings. The molecule has 0 unspecified atom stereocenters. The minimum Gasteiger partial charge on any atom is -0.493 e. The van der Waals surface area contributed by atoms with Gasteiger partial charge in [-0.1, -0.05) is 18.2 Å². The van der Waals surface area contributed by atoms with E-state index in [9.17, 15) is 9.59 Å². The first kappa shape index (κ1) is 28.6. The summed E-state index contributed by atoms with van der Waals surface area (Å²) in [4.78, 5) is 35.8. The second kappa shape index (κ2) is 14.1. The fourth-order valence-corrected chi connectivity index (χ4v) is 3.74. The molecule has 9 heteroatoms. The summed E-state index contributed by atoms with van der Waals surface area (Å²) in [5, 5.41) is 2.84. The third-order valence-corrected chi connectivity index (χ3v) is 5.87. The van der Waals surface area contributed by atoms with E-state index >= 15 is 0 Å². The molecule has 0 spiro atoms. The molecular weight excluding hydrogens is 484 g/mol. The molecule has 0 atom stereocenters. The number of ether oxygens (including phenoxy) is 3. The molecule has 0 bridgehead atoms. The third kappa shape index (κ3) is 8.01. The van der Waals surface area contributed by atoms with Crippen LogP contribution in [0, 0.1) is 0 Å². The first-order valence-electron chi connectivity index (χ1n) is 12.6. The molecule has 38 heavy (non-hydrogen) atoms. The van der Waals surface area contributed by atoms with Gasteiger partial charge in [0.25, 0.3) is 11.8 Å². The number of nitrogens with zero attached hydrogens (tertiary/aromatic N) is 3. The highest BCUT2D eigenvalue weighted by Crippen LogP contribution is 2.27. The van der Waals surface area contributed by atoms with Crippen molar-refractivity contribution in [3.63, 3.8) is 0 Å². The Morgan fingerprint density at radius 1 is 0.974 bits per heavy atom. The van der Waals surface area contributed by atoms with Crippen LogP contribution in [-0.2, 0) is 11.2 Å². The molecular formula is C29H36N4O5. The summed E-state index contributed by atoms with van der Waals surface area (Å²) in [6.45, 7) is 5.58. The van der Waals surface area contributed by atoms with Crippen molar-refractivity contribution < 1.29 is 23.8 Å². The quantitative estimate of drug-likeness (QED) is 0.340. The number of benzene rings is 2. The molecule has 202 valence electrons. The van der Waals surface area contributed by atoms with E-state index < -0.39 is 0 Å². The molecule has 9 nitrogen and oxygen atoms in total. The summed E-state index contributed by atoms with van der Waals surface area (Å²) in [7, 11) is 4.97. The smallest absolute Gasteiger partial charge is 0.254 e. The van der Waals surface area contributed by atoms with Crippen LogP contribution in [0.15, 0.2) is 54.9 Å². The summed E-state index contributed by atoms with van der Waals surface area (Å²) in [5.41, 5.74) is 2.64. The fourth-order valence-electron chi connectivity index (χ4n) is 3.74. The molecule has 0 aliphatic carbocycles. The van der Waals surface area contributed by atoms with E-state index in [1.807, 2.05) is 38.1 Å². The van der Waals surface area contributed by atoms with E-state index in [2.05, 4.69) is 15.3 Å². The van der Waals surface area contributed by atoms with Crippen molar-refractivity contribution in [3.05, 3.63) is 71.5 Å². The highest BCUT2D eigenvalue weighted by atomic mass is 16.5. The van der Waals surface area contributed by atoms with Crippen molar-refractivity contribution in [2.24, 2.45) is 0 Å². The van der Waals surface area contributed by atoms with Crippen LogP contribution in [-0.4, -0.2) is 73.7 Å². The monoisotopic (exact) mass is 520 g/mol. The van der Waals surface area contributed by atoms with Crippen LogP contribution in [0.25, 0.3) is 11.4 Å². The van der Waals surface area contributed by atoms with Gasteiger partial charge in [0.05, 0.1) is 25.9 Å². The molecule has 0 radical (unpaired) electrons. The van der Waals surface area contributed by atoms with Crippen molar-refractivity contribution in [2.45, 2.75) is 32.8 Å². The van der Waals surface area contributed by atoms with E-state index in [1.165, 1.54) is 12.4 Å². The van der Waals surface area contributed by atoms with E-state index in [0.29, 0.717) is 60.1 Å². The van der Waals surface area contributed by atoms with E-state index in [0.717, 1.165) is 12.0 Å². The molecule has 2 aromatic carbocycles. The first-order valence-corrected chi connectivity index (χ1v) is 12.6. The van der Waals surface area contributed by atoms with Gasteiger partial charge in [-0.15, -0.1) is 0 Å². The molecule has 0 fully saturated rings. The van der Waals surface area contributed by atoms with Gasteiger partial charge >= 0.3 is 0 Å². The molecule has 3 rings (SSSR count). The number of likely N-dealkylation sites (N-methyl/N-ethyl adjacent to an activating group) is 1. The largest absolute Gasteiger partial charge is 0.493 e. The molecule has 0 saturated carbocycles. The van der Waals surface area contributed by atoms with Crippen LogP contribution < -0.4 is 14.8 Å². The Hall–Kier alpha value is -3.98. The number of hydrogen-bond donors (Lipinski definition) is 1. The van der Waals surface area contributed by atoms with Crippen LogP contribution in [0.4, 0.5) is 0 Å². The lowest BCUT2D eigenvalue weighted by Gasteiger charge is -2.18. The Kier molecular flexibility index (Phi) is 10.6. The average Bonchev–Trinajstić information content (AvgIpc) is 2.94. The van der Waals surface area contributed by atoms with Crippen LogP contribution in [0.2, 0.25) is 0 Å². The maximum Gasteiger partial charge on any atom is 0.254 e. The Morgan fingerprint density at radius 3 is 2.39 bits per heavy atom. The average molecular weight is 521 g/mol. The topological polar surface area (TPSA) is 103 Å². The van der Waals surface area contributed by atoms with Crippen molar-refractivity contribution in [3.8, 4) is 22.9 Å². The highest BCUT2D eigenvalue weighted by molar-refractivity contribution is 5.95. The van der Waals surface area contributed by atoms with Gasteiger partial charge in [0.1, 0.15) is 0 Å². The van der Waals surface area contributed by atoms with Gasteiger partial charge in [0, 0.05) is 50.3 Å². The zero-order valence-electron chi connectivity index (χ0n) is 22.7. The molecule has 1 aromatic heterocycles. The molecule has 0 aliphatic heterocycles. The van der Waals surface area contributed by atoms with Crippen LogP contribution in [0.5, 0.6) is 11.5 Å². The number of nitrogens with one attached hydrogen (secondary N) is 1. The fraction of sp³-hybridized carbons (Fsp3) is 0.379. The lowest BCUT2D eigenvalue weighted by Crippen LogP contribution is -2.28.